The number of nitrogens with zero attached hydrogens (tertiary/aromatic N) is 3. The molecule has 1 atom stereocenters. The number of ether oxygens (including phenoxy) is 1. The second-order valence-electron chi connectivity index (χ2n) is 10.3. The van der Waals surface area contributed by atoms with Gasteiger partial charge in [-0.2, -0.15) is 0 Å². The first-order chi connectivity index (χ1) is 20.4. The largest absolute Gasteiger partial charge is 0.463 e. The zero-order valence-corrected chi connectivity index (χ0v) is 25.5. The van der Waals surface area contributed by atoms with Crippen LogP contribution in [-0.4, -0.2) is 28.0 Å². The lowest BCUT2D eigenvalue weighted by Crippen LogP contribution is -2.40. The van der Waals surface area contributed by atoms with Crippen LogP contribution < -0.4 is 14.9 Å². The first-order valence-corrected chi connectivity index (χ1v) is 16.0. The minimum atomic E-state index is -0.689. The van der Waals surface area contributed by atoms with E-state index in [4.69, 9.17) is 9.73 Å². The van der Waals surface area contributed by atoms with E-state index >= 15 is 0 Å². The smallest absolute Gasteiger partial charge is 0.338 e. The highest BCUT2D eigenvalue weighted by atomic mass is 32.2. The third-order valence-electron chi connectivity index (χ3n) is 7.42. The van der Waals surface area contributed by atoms with Gasteiger partial charge in [0, 0.05) is 39.2 Å². The molecule has 0 saturated heterocycles. The van der Waals surface area contributed by atoms with Crippen molar-refractivity contribution >= 4 is 51.7 Å². The van der Waals surface area contributed by atoms with Gasteiger partial charge in [-0.1, -0.05) is 72.0 Å². The number of aromatic nitrogens is 2. The summed E-state index contributed by atoms with van der Waals surface area (Å²) >= 11 is 2.98. The van der Waals surface area contributed by atoms with Crippen LogP contribution >= 0.6 is 23.1 Å². The highest BCUT2D eigenvalue weighted by Gasteiger charge is 2.35. The maximum absolute atomic E-state index is 14.3. The minimum Gasteiger partial charge on any atom is -0.463 e. The van der Waals surface area contributed by atoms with Crippen molar-refractivity contribution in [1.82, 2.24) is 9.13 Å². The van der Waals surface area contributed by atoms with Crippen LogP contribution in [-0.2, 0) is 9.53 Å². The summed E-state index contributed by atoms with van der Waals surface area (Å²) in [5.74, 6) is -0.478. The average molecular weight is 594 g/mol. The predicted octanol–water partition coefficient (Wildman–Crippen LogP) is 6.19. The van der Waals surface area contributed by atoms with Gasteiger partial charge in [0.25, 0.3) is 5.56 Å². The van der Waals surface area contributed by atoms with Gasteiger partial charge < -0.3 is 9.30 Å². The molecule has 0 amide bonds. The molecule has 42 heavy (non-hydrogen) atoms. The van der Waals surface area contributed by atoms with E-state index in [1.807, 2.05) is 79.1 Å². The van der Waals surface area contributed by atoms with Crippen molar-refractivity contribution in [3.8, 4) is 0 Å². The number of thiazole rings is 1. The Balaban J connectivity index is 1.64. The van der Waals surface area contributed by atoms with Gasteiger partial charge in [-0.25, -0.2) is 9.79 Å². The summed E-state index contributed by atoms with van der Waals surface area (Å²) < 4.78 is 10.0. The molecule has 3 heterocycles. The standard InChI is InChI=1S/C34H31N3O3S2/c1-5-40-33(39)29-30(22-11-7-6-8-12-22)35-34-37(31(29)23-15-17-25(41-4)18-16-23)32(38)28(42-34)19-24-20-36(21(2)3)27-14-10-9-13-26(24)27/h6-21,31H,5H2,1-4H3/b28-19-/t31-/m0/s1. The Hall–Kier alpha value is -4.14. The van der Waals surface area contributed by atoms with E-state index in [1.165, 1.54) is 11.3 Å². The fourth-order valence-corrected chi connectivity index (χ4v) is 6.86. The van der Waals surface area contributed by atoms with Gasteiger partial charge in [0.05, 0.1) is 28.5 Å². The Morgan fingerprint density at radius 2 is 1.76 bits per heavy atom. The van der Waals surface area contributed by atoms with Crippen LogP contribution in [0.15, 0.2) is 105 Å². The minimum absolute atomic E-state index is 0.187. The summed E-state index contributed by atoms with van der Waals surface area (Å²) in [6, 6.07) is 25.4. The second-order valence-corrected chi connectivity index (χ2v) is 12.2. The number of thioether (sulfide) groups is 1. The van der Waals surface area contributed by atoms with Gasteiger partial charge in [-0.05, 0) is 56.9 Å². The van der Waals surface area contributed by atoms with E-state index in [0.717, 1.165) is 32.5 Å². The average Bonchev–Trinajstić information content (AvgIpc) is 3.54. The molecule has 212 valence electrons. The summed E-state index contributed by atoms with van der Waals surface area (Å²) in [5, 5.41) is 1.08. The van der Waals surface area contributed by atoms with Gasteiger partial charge in [0.1, 0.15) is 0 Å². The molecular formula is C34H31N3O3S2. The molecule has 0 N–H and O–H groups in total. The molecule has 2 aromatic heterocycles. The molecule has 0 fully saturated rings. The van der Waals surface area contributed by atoms with Gasteiger partial charge in [-0.15, -0.1) is 11.8 Å². The van der Waals surface area contributed by atoms with Crippen molar-refractivity contribution in [2.45, 2.75) is 37.8 Å². The number of fused-ring (bicyclic) bond motifs is 2. The number of carbonyl (C=O) groups excluding carboxylic acids is 1. The molecule has 8 heteroatoms. The van der Waals surface area contributed by atoms with E-state index in [-0.39, 0.29) is 18.2 Å². The molecule has 6 nitrogen and oxygen atoms in total. The van der Waals surface area contributed by atoms with Crippen molar-refractivity contribution in [3.63, 3.8) is 0 Å². The van der Waals surface area contributed by atoms with Crippen LogP contribution in [0.5, 0.6) is 0 Å². The molecule has 1 aliphatic heterocycles. The molecule has 0 unspecified atom stereocenters. The fraction of sp³-hybridized carbons (Fsp3) is 0.206. The molecule has 0 radical (unpaired) electrons. The third kappa shape index (κ3) is 4.95. The quantitative estimate of drug-likeness (QED) is 0.167. The SMILES string of the molecule is CCOC(=O)C1=C(c2ccccc2)N=c2s/c(=C\c3cn(C(C)C)c4ccccc34)c(=O)n2[C@H]1c1ccc(SC)cc1. The highest BCUT2D eigenvalue weighted by molar-refractivity contribution is 7.98. The van der Waals surface area contributed by atoms with E-state index < -0.39 is 12.0 Å². The second kappa shape index (κ2) is 11.6. The number of para-hydroxylation sites is 1. The Morgan fingerprint density at radius 1 is 1.05 bits per heavy atom. The summed E-state index contributed by atoms with van der Waals surface area (Å²) in [5.41, 5.74) is 4.40. The normalized spacial score (nSPS) is 15.3. The molecule has 3 aromatic carbocycles. The monoisotopic (exact) mass is 593 g/mol. The van der Waals surface area contributed by atoms with Crippen LogP contribution in [0.25, 0.3) is 22.7 Å². The van der Waals surface area contributed by atoms with Crippen molar-refractivity contribution in [1.29, 1.82) is 0 Å². The van der Waals surface area contributed by atoms with Gasteiger partial charge in [0.2, 0.25) is 0 Å². The number of benzene rings is 3. The van der Waals surface area contributed by atoms with Crippen LogP contribution in [0.1, 0.15) is 49.5 Å². The summed E-state index contributed by atoms with van der Waals surface area (Å²) in [4.78, 5) is 34.5. The van der Waals surface area contributed by atoms with Gasteiger partial charge in [0.15, 0.2) is 4.80 Å². The van der Waals surface area contributed by atoms with Crippen LogP contribution in [0.2, 0.25) is 0 Å². The molecule has 0 saturated carbocycles. The number of hydrogen-bond donors (Lipinski definition) is 0. The summed E-state index contributed by atoms with van der Waals surface area (Å²) in [7, 11) is 0. The zero-order valence-electron chi connectivity index (χ0n) is 23.9. The van der Waals surface area contributed by atoms with Crippen molar-refractivity contribution in [3.05, 3.63) is 127 Å². The summed E-state index contributed by atoms with van der Waals surface area (Å²) in [6.07, 6.45) is 6.08. The Morgan fingerprint density at radius 3 is 2.45 bits per heavy atom. The molecule has 0 bridgehead atoms. The molecule has 6 rings (SSSR count). The molecule has 5 aromatic rings. The van der Waals surface area contributed by atoms with Crippen LogP contribution in [0.4, 0.5) is 0 Å². The third-order valence-corrected chi connectivity index (χ3v) is 9.15. The van der Waals surface area contributed by atoms with E-state index in [9.17, 15) is 9.59 Å². The maximum Gasteiger partial charge on any atom is 0.338 e. The number of carbonyl (C=O) groups is 1. The lowest BCUT2D eigenvalue weighted by atomic mass is 9.93. The lowest BCUT2D eigenvalue weighted by Gasteiger charge is -2.26. The fourth-order valence-electron chi connectivity index (χ4n) is 5.46. The van der Waals surface area contributed by atoms with E-state index in [2.05, 4.69) is 36.7 Å². The summed E-state index contributed by atoms with van der Waals surface area (Å²) in [6.45, 7) is 6.29. The van der Waals surface area contributed by atoms with E-state index in [1.54, 1.807) is 23.3 Å². The first-order valence-electron chi connectivity index (χ1n) is 13.9. The lowest BCUT2D eigenvalue weighted by molar-refractivity contribution is -0.138. The number of hydrogen-bond acceptors (Lipinski definition) is 6. The van der Waals surface area contributed by atoms with Crippen molar-refractivity contribution in [2.75, 3.05) is 12.9 Å². The number of esters is 1. The van der Waals surface area contributed by atoms with Crippen molar-refractivity contribution < 1.29 is 9.53 Å². The van der Waals surface area contributed by atoms with Gasteiger partial charge >= 0.3 is 5.97 Å². The zero-order chi connectivity index (χ0) is 29.4. The topological polar surface area (TPSA) is 65.6 Å². The van der Waals surface area contributed by atoms with Gasteiger partial charge in [-0.3, -0.25) is 9.36 Å². The molecule has 0 aliphatic carbocycles. The Bertz CT molecular complexity index is 2000. The molecular weight excluding hydrogens is 563 g/mol. The first kappa shape index (κ1) is 28.0. The molecule has 1 aliphatic rings. The Kier molecular flexibility index (Phi) is 7.75. The number of rotatable bonds is 7. The van der Waals surface area contributed by atoms with Crippen LogP contribution in [0, 0.1) is 0 Å². The maximum atomic E-state index is 14.3. The molecule has 0 spiro atoms. The highest BCUT2D eigenvalue weighted by Crippen LogP contribution is 2.36. The predicted molar refractivity (Wildman–Crippen MR) is 172 cm³/mol. The van der Waals surface area contributed by atoms with Crippen molar-refractivity contribution in [2.24, 2.45) is 4.99 Å². The van der Waals surface area contributed by atoms with Crippen LogP contribution in [0.3, 0.4) is 0 Å². The Labute approximate surface area is 252 Å². The van der Waals surface area contributed by atoms with E-state index in [0.29, 0.717) is 20.6 Å².